The first-order chi connectivity index (χ1) is 16.1. The number of alkyl halides is 3. The molecule has 1 aliphatic rings. The van der Waals surface area contributed by atoms with Crippen LogP contribution in [-0.4, -0.2) is 9.97 Å². The molecule has 0 saturated carbocycles. The second-order valence-corrected chi connectivity index (χ2v) is 9.89. The lowest BCUT2D eigenvalue weighted by Crippen LogP contribution is -2.39. The molecule has 0 radical (unpaired) electrons. The van der Waals surface area contributed by atoms with Crippen LogP contribution in [0.15, 0.2) is 60.3 Å². The highest BCUT2D eigenvalue weighted by atomic mass is 35.5. The lowest BCUT2D eigenvalue weighted by Gasteiger charge is -2.36. The third-order valence-electron chi connectivity index (χ3n) is 5.82. The number of benzene rings is 1. The van der Waals surface area contributed by atoms with Gasteiger partial charge in [0.25, 0.3) is 0 Å². The molecule has 34 heavy (non-hydrogen) atoms. The first kappa shape index (κ1) is 24.4. The van der Waals surface area contributed by atoms with Crippen LogP contribution >= 0.6 is 22.9 Å². The number of halogens is 5. The molecule has 0 aliphatic heterocycles. The third-order valence-corrected chi connectivity index (χ3v) is 7.04. The maximum Gasteiger partial charge on any atom is 0.416 e. The van der Waals surface area contributed by atoms with E-state index in [0.717, 1.165) is 41.1 Å². The zero-order valence-corrected chi connectivity index (χ0v) is 20.1. The van der Waals surface area contributed by atoms with Crippen LogP contribution in [0, 0.1) is 19.7 Å². The highest BCUT2D eigenvalue weighted by molar-refractivity contribution is 7.15. The number of nitrogens with one attached hydrogen (secondary N) is 1. The Labute approximate surface area is 204 Å². The van der Waals surface area contributed by atoms with Crippen LogP contribution in [0.4, 0.5) is 22.7 Å². The molecule has 1 N–H and O–H groups in total. The topological polar surface area (TPSA) is 37.8 Å². The van der Waals surface area contributed by atoms with Gasteiger partial charge < -0.3 is 5.32 Å². The summed E-state index contributed by atoms with van der Waals surface area (Å²) < 4.78 is 55.7. The van der Waals surface area contributed by atoms with E-state index in [9.17, 15) is 17.6 Å². The fraction of sp³-hybridized carbons (Fsp3) is 0.280. The first-order valence-electron chi connectivity index (χ1n) is 10.6. The van der Waals surface area contributed by atoms with Gasteiger partial charge in [0, 0.05) is 17.5 Å². The SMILES string of the molecule is Cc1nc(N[C@](CC2=CC=CCC2)(c2cc(F)cc(C(F)(F)F)c2)c2ccc(Cl)cn2)sc1C. The third kappa shape index (κ3) is 5.18. The molecule has 2 heterocycles. The molecule has 0 saturated heterocycles. The van der Waals surface area contributed by atoms with Gasteiger partial charge >= 0.3 is 6.18 Å². The van der Waals surface area contributed by atoms with E-state index in [1.807, 2.05) is 32.1 Å². The number of thiazole rings is 1. The van der Waals surface area contributed by atoms with E-state index in [0.29, 0.717) is 21.9 Å². The maximum atomic E-state index is 14.6. The van der Waals surface area contributed by atoms with Crippen LogP contribution in [0.3, 0.4) is 0 Å². The number of pyridine rings is 1. The number of aromatic nitrogens is 2. The summed E-state index contributed by atoms with van der Waals surface area (Å²) in [5.74, 6) is -0.978. The summed E-state index contributed by atoms with van der Waals surface area (Å²) in [4.78, 5) is 10.00. The Morgan fingerprint density at radius 3 is 2.47 bits per heavy atom. The number of aryl methyl sites for hydroxylation is 2. The first-order valence-corrected chi connectivity index (χ1v) is 11.8. The molecule has 178 valence electrons. The van der Waals surface area contributed by atoms with Crippen molar-refractivity contribution in [1.82, 2.24) is 9.97 Å². The Morgan fingerprint density at radius 2 is 1.88 bits per heavy atom. The van der Waals surface area contributed by atoms with Gasteiger partial charge in [0.1, 0.15) is 11.4 Å². The number of hydrogen-bond donors (Lipinski definition) is 1. The van der Waals surface area contributed by atoms with Gasteiger partial charge in [0.05, 0.1) is 22.0 Å². The second kappa shape index (κ2) is 9.50. The fourth-order valence-electron chi connectivity index (χ4n) is 4.00. The largest absolute Gasteiger partial charge is 0.416 e. The van der Waals surface area contributed by atoms with Crippen LogP contribution in [-0.2, 0) is 11.7 Å². The van der Waals surface area contributed by atoms with Crippen LogP contribution in [0.2, 0.25) is 5.02 Å². The lowest BCUT2D eigenvalue weighted by atomic mass is 9.78. The van der Waals surface area contributed by atoms with Crippen molar-refractivity contribution in [3.05, 3.63) is 98.6 Å². The second-order valence-electron chi connectivity index (χ2n) is 8.25. The summed E-state index contributed by atoms with van der Waals surface area (Å²) in [6, 6.07) is 5.89. The van der Waals surface area contributed by atoms with Crippen LogP contribution in [0.1, 0.15) is 46.7 Å². The molecule has 0 spiro atoms. The van der Waals surface area contributed by atoms with Crippen molar-refractivity contribution in [2.45, 2.75) is 44.8 Å². The van der Waals surface area contributed by atoms with E-state index in [1.54, 1.807) is 12.1 Å². The molecule has 3 aromatic rings. The van der Waals surface area contributed by atoms with E-state index in [-0.39, 0.29) is 12.0 Å². The van der Waals surface area contributed by atoms with Gasteiger partial charge in [0.2, 0.25) is 0 Å². The Kier molecular flexibility index (Phi) is 6.82. The number of hydrogen-bond acceptors (Lipinski definition) is 4. The summed E-state index contributed by atoms with van der Waals surface area (Å²) in [6.07, 6.45) is 4.41. The molecule has 9 heteroatoms. The van der Waals surface area contributed by atoms with E-state index in [4.69, 9.17) is 11.6 Å². The predicted octanol–water partition coefficient (Wildman–Crippen LogP) is 7.99. The molecule has 0 amide bonds. The zero-order chi connectivity index (χ0) is 24.5. The average Bonchev–Trinajstić information content (AvgIpc) is 3.10. The summed E-state index contributed by atoms with van der Waals surface area (Å²) in [6.45, 7) is 3.77. The van der Waals surface area contributed by atoms with Crippen molar-refractivity contribution in [3.63, 3.8) is 0 Å². The van der Waals surface area contributed by atoms with Crippen LogP contribution in [0.25, 0.3) is 0 Å². The molecule has 4 rings (SSSR count). The standard InChI is InChI=1S/C25H22ClF4N3S/c1-15-16(2)34-23(32-15)33-24(13-17-6-4-3-5-7-17,22-9-8-20(26)14-31-22)18-10-19(25(28,29)30)12-21(27)11-18/h3-4,6,8-12,14H,5,7,13H2,1-2H3,(H,32,33)/t24-/m1/s1. The van der Waals surface area contributed by atoms with Gasteiger partial charge in [-0.05, 0) is 62.6 Å². The number of allylic oxidation sites excluding steroid dienone is 3. The summed E-state index contributed by atoms with van der Waals surface area (Å²) in [5.41, 5.74) is -0.0608. The van der Waals surface area contributed by atoms with Crippen molar-refractivity contribution >= 4 is 28.1 Å². The van der Waals surface area contributed by atoms with Gasteiger partial charge in [-0.25, -0.2) is 9.37 Å². The molecule has 1 atom stereocenters. The maximum absolute atomic E-state index is 14.6. The highest BCUT2D eigenvalue weighted by Crippen LogP contribution is 2.43. The Balaban J connectivity index is 1.98. The van der Waals surface area contributed by atoms with E-state index in [2.05, 4.69) is 15.3 Å². The molecular formula is C25H22ClF4N3S. The lowest BCUT2D eigenvalue weighted by molar-refractivity contribution is -0.137. The Bertz CT molecular complexity index is 1230. The van der Waals surface area contributed by atoms with Crippen molar-refractivity contribution in [1.29, 1.82) is 0 Å². The molecule has 1 aliphatic carbocycles. The Morgan fingerprint density at radius 1 is 1.12 bits per heavy atom. The van der Waals surface area contributed by atoms with Crippen LogP contribution in [0.5, 0.6) is 0 Å². The minimum atomic E-state index is -4.71. The number of anilines is 1. The molecule has 0 unspecified atom stereocenters. The monoisotopic (exact) mass is 507 g/mol. The molecular weight excluding hydrogens is 486 g/mol. The molecule has 0 bridgehead atoms. The smallest absolute Gasteiger partial charge is 0.346 e. The highest BCUT2D eigenvalue weighted by Gasteiger charge is 2.40. The quantitative estimate of drug-likeness (QED) is 0.343. The van der Waals surface area contributed by atoms with Gasteiger partial charge in [-0.1, -0.05) is 35.4 Å². The molecule has 2 aromatic heterocycles. The zero-order valence-electron chi connectivity index (χ0n) is 18.5. The molecule has 0 fully saturated rings. The minimum absolute atomic E-state index is 0.107. The minimum Gasteiger partial charge on any atom is -0.346 e. The van der Waals surface area contributed by atoms with Crippen LogP contribution < -0.4 is 5.32 Å². The molecule has 1 aromatic carbocycles. The van der Waals surface area contributed by atoms with Gasteiger partial charge in [-0.15, -0.1) is 11.3 Å². The number of rotatable bonds is 6. The van der Waals surface area contributed by atoms with E-state index < -0.39 is 23.1 Å². The predicted molar refractivity (Wildman–Crippen MR) is 128 cm³/mol. The van der Waals surface area contributed by atoms with Gasteiger partial charge in [-0.3, -0.25) is 4.98 Å². The van der Waals surface area contributed by atoms with Crippen molar-refractivity contribution in [2.24, 2.45) is 0 Å². The number of nitrogens with zero attached hydrogens (tertiary/aromatic N) is 2. The van der Waals surface area contributed by atoms with Crippen molar-refractivity contribution in [3.8, 4) is 0 Å². The summed E-state index contributed by atoms with van der Waals surface area (Å²) >= 11 is 7.46. The Hall–Kier alpha value is -2.71. The van der Waals surface area contributed by atoms with Crippen molar-refractivity contribution < 1.29 is 17.6 Å². The van der Waals surface area contributed by atoms with Gasteiger partial charge in [-0.2, -0.15) is 13.2 Å². The average molecular weight is 508 g/mol. The van der Waals surface area contributed by atoms with Gasteiger partial charge in [0.15, 0.2) is 5.13 Å². The van der Waals surface area contributed by atoms with E-state index >= 15 is 0 Å². The fourth-order valence-corrected chi connectivity index (χ4v) is 5.00. The summed E-state index contributed by atoms with van der Waals surface area (Å²) in [5, 5.41) is 4.26. The van der Waals surface area contributed by atoms with Crippen molar-refractivity contribution in [2.75, 3.05) is 5.32 Å². The normalized spacial score (nSPS) is 15.7. The molecule has 3 nitrogen and oxygen atoms in total. The summed E-state index contributed by atoms with van der Waals surface area (Å²) in [7, 11) is 0. The van der Waals surface area contributed by atoms with E-state index in [1.165, 1.54) is 17.5 Å².